The molecule has 0 aliphatic rings. The van der Waals surface area contributed by atoms with Crippen LogP contribution in [0.5, 0.6) is 0 Å². The highest BCUT2D eigenvalue weighted by Gasteiger charge is 2.09. The highest BCUT2D eigenvalue weighted by atomic mass is 79.9. The Hall–Kier alpha value is -3.36. The van der Waals surface area contributed by atoms with Crippen molar-refractivity contribution in [2.75, 3.05) is 11.9 Å². The van der Waals surface area contributed by atoms with Crippen LogP contribution in [0.4, 0.5) is 5.69 Å². The van der Waals surface area contributed by atoms with Gasteiger partial charge in [-0.2, -0.15) is 0 Å². The topological polar surface area (TPSA) is 58.2 Å². The number of carbonyl (C=O) groups is 2. The Morgan fingerprint density at radius 3 is 2.07 bits per heavy atom. The Kier molecular flexibility index (Phi) is 6.61. The molecule has 0 bridgehead atoms. The Morgan fingerprint density at radius 2 is 1.39 bits per heavy atom. The molecule has 0 atom stereocenters. The number of nitrogens with one attached hydrogen (secondary N) is 2. The van der Waals surface area contributed by atoms with E-state index >= 15 is 0 Å². The van der Waals surface area contributed by atoms with Crippen molar-refractivity contribution in [1.29, 1.82) is 0 Å². The summed E-state index contributed by atoms with van der Waals surface area (Å²) in [5, 5.41) is 5.35. The van der Waals surface area contributed by atoms with Crippen molar-refractivity contribution in [1.82, 2.24) is 5.32 Å². The Bertz CT molecular complexity index is 1040. The molecule has 3 aromatic carbocycles. The molecule has 3 rings (SSSR count). The van der Waals surface area contributed by atoms with E-state index in [2.05, 4.69) is 38.4 Å². The van der Waals surface area contributed by atoms with Crippen LogP contribution in [0.25, 0.3) is 0 Å². The molecule has 0 radical (unpaired) electrons. The molecule has 0 heterocycles. The number of rotatable bonds is 4. The summed E-state index contributed by atoms with van der Waals surface area (Å²) in [5.74, 6) is 5.51. The van der Waals surface area contributed by atoms with Crippen LogP contribution >= 0.6 is 15.9 Å². The molecule has 0 aliphatic heterocycles. The fourth-order valence-electron chi connectivity index (χ4n) is 2.39. The normalized spacial score (nSPS) is 9.75. The number of hydrogen-bond acceptors (Lipinski definition) is 2. The van der Waals surface area contributed by atoms with Crippen molar-refractivity contribution >= 4 is 33.4 Å². The van der Waals surface area contributed by atoms with Crippen LogP contribution in [0.1, 0.15) is 21.5 Å². The minimum atomic E-state index is -0.315. The molecule has 28 heavy (non-hydrogen) atoms. The van der Waals surface area contributed by atoms with Crippen LogP contribution in [0.15, 0.2) is 83.3 Å². The van der Waals surface area contributed by atoms with Crippen LogP contribution in [0, 0.1) is 11.8 Å². The summed E-state index contributed by atoms with van der Waals surface area (Å²) < 4.78 is 0.780. The first-order valence-electron chi connectivity index (χ1n) is 8.61. The fourth-order valence-corrected chi connectivity index (χ4v) is 2.77. The largest absolute Gasteiger partial charge is 0.343 e. The van der Waals surface area contributed by atoms with E-state index in [-0.39, 0.29) is 18.4 Å². The van der Waals surface area contributed by atoms with Gasteiger partial charge < -0.3 is 10.6 Å². The molecule has 0 unspecified atom stereocenters. The van der Waals surface area contributed by atoms with Crippen molar-refractivity contribution in [3.8, 4) is 11.8 Å². The molecular formula is C23H17BrN2O2. The Balaban J connectivity index is 1.54. The van der Waals surface area contributed by atoms with E-state index in [1.54, 1.807) is 30.3 Å². The number of anilines is 1. The van der Waals surface area contributed by atoms with E-state index in [9.17, 15) is 9.59 Å². The summed E-state index contributed by atoms with van der Waals surface area (Å²) in [6.45, 7) is -0.115. The monoisotopic (exact) mass is 432 g/mol. The second-order valence-corrected chi connectivity index (χ2v) is 6.76. The lowest BCUT2D eigenvalue weighted by Gasteiger charge is -2.08. The number of carbonyl (C=O) groups excluding carboxylic acids is 2. The first kappa shape index (κ1) is 19.4. The van der Waals surface area contributed by atoms with Gasteiger partial charge in [0.15, 0.2) is 0 Å². The molecule has 0 fully saturated rings. The lowest BCUT2D eigenvalue weighted by molar-refractivity contribution is -0.115. The highest BCUT2D eigenvalue weighted by Crippen LogP contribution is 2.20. The predicted molar refractivity (Wildman–Crippen MR) is 114 cm³/mol. The molecular weight excluding hydrogens is 416 g/mol. The first-order chi connectivity index (χ1) is 13.6. The maximum atomic E-state index is 12.2. The van der Waals surface area contributed by atoms with Gasteiger partial charge in [-0.3, -0.25) is 9.59 Å². The van der Waals surface area contributed by atoms with E-state index in [1.165, 1.54) is 0 Å². The van der Waals surface area contributed by atoms with Gasteiger partial charge in [-0.05, 0) is 64.5 Å². The zero-order chi connectivity index (χ0) is 19.8. The van der Waals surface area contributed by atoms with E-state index in [0.29, 0.717) is 11.3 Å². The lowest BCUT2D eigenvalue weighted by atomic mass is 10.1. The molecule has 5 heteroatoms. The number of halogens is 1. The summed E-state index contributed by atoms with van der Waals surface area (Å²) in [6.07, 6.45) is 0. The third-order valence-electron chi connectivity index (χ3n) is 3.83. The molecule has 2 amide bonds. The summed E-state index contributed by atoms with van der Waals surface area (Å²) in [7, 11) is 0. The zero-order valence-electron chi connectivity index (χ0n) is 14.9. The first-order valence-corrected chi connectivity index (χ1v) is 9.41. The summed E-state index contributed by atoms with van der Waals surface area (Å²) >= 11 is 3.36. The molecule has 3 aromatic rings. The molecule has 4 nitrogen and oxygen atoms in total. The minimum absolute atomic E-state index is 0.115. The lowest BCUT2D eigenvalue weighted by Crippen LogP contribution is -2.32. The van der Waals surface area contributed by atoms with Crippen LogP contribution < -0.4 is 10.6 Å². The molecule has 0 spiro atoms. The SMILES string of the molecule is O=C(CNC(=O)c1ccc(C#Cc2ccccc2)cc1)Nc1ccccc1Br. The van der Waals surface area contributed by atoms with Gasteiger partial charge in [0.1, 0.15) is 0 Å². The van der Waals surface area contributed by atoms with Crippen molar-refractivity contribution in [2.45, 2.75) is 0 Å². The predicted octanol–water partition coefficient (Wildman–Crippen LogP) is 4.22. The van der Waals surface area contributed by atoms with Gasteiger partial charge in [0, 0.05) is 21.2 Å². The van der Waals surface area contributed by atoms with Crippen LogP contribution in [-0.2, 0) is 4.79 Å². The molecule has 138 valence electrons. The smallest absolute Gasteiger partial charge is 0.251 e. The van der Waals surface area contributed by atoms with E-state index in [1.807, 2.05) is 48.5 Å². The van der Waals surface area contributed by atoms with E-state index in [0.717, 1.165) is 15.6 Å². The highest BCUT2D eigenvalue weighted by molar-refractivity contribution is 9.10. The Morgan fingerprint density at radius 1 is 0.786 bits per heavy atom. The van der Waals surface area contributed by atoms with Crippen molar-refractivity contribution in [2.24, 2.45) is 0 Å². The Labute approximate surface area is 172 Å². The average Bonchev–Trinajstić information content (AvgIpc) is 2.73. The van der Waals surface area contributed by atoms with Gasteiger partial charge in [0.25, 0.3) is 5.91 Å². The number of amides is 2. The maximum Gasteiger partial charge on any atom is 0.251 e. The summed E-state index contributed by atoms with van der Waals surface area (Å²) in [6, 6.07) is 23.9. The van der Waals surface area contributed by atoms with Gasteiger partial charge in [-0.1, -0.05) is 42.2 Å². The average molecular weight is 433 g/mol. The zero-order valence-corrected chi connectivity index (χ0v) is 16.5. The van der Waals surface area contributed by atoms with Crippen molar-refractivity contribution < 1.29 is 9.59 Å². The molecule has 0 aromatic heterocycles. The number of benzene rings is 3. The van der Waals surface area contributed by atoms with Crippen LogP contribution in [0.2, 0.25) is 0 Å². The molecule has 2 N–H and O–H groups in total. The molecule has 0 saturated carbocycles. The van der Waals surface area contributed by atoms with Gasteiger partial charge in [0.2, 0.25) is 5.91 Å². The van der Waals surface area contributed by atoms with Gasteiger partial charge >= 0.3 is 0 Å². The van der Waals surface area contributed by atoms with E-state index < -0.39 is 0 Å². The maximum absolute atomic E-state index is 12.2. The second kappa shape index (κ2) is 9.54. The fraction of sp³-hybridized carbons (Fsp3) is 0.0435. The van der Waals surface area contributed by atoms with Gasteiger partial charge in [-0.15, -0.1) is 0 Å². The minimum Gasteiger partial charge on any atom is -0.343 e. The standard InChI is InChI=1S/C23H17BrN2O2/c24-20-8-4-5-9-21(20)26-22(27)16-25-23(28)19-14-12-18(13-15-19)11-10-17-6-2-1-3-7-17/h1-9,12-15H,16H2,(H,25,28)(H,26,27). The van der Waals surface area contributed by atoms with Crippen LogP contribution in [-0.4, -0.2) is 18.4 Å². The third kappa shape index (κ3) is 5.57. The van der Waals surface area contributed by atoms with Gasteiger partial charge in [-0.25, -0.2) is 0 Å². The summed E-state index contributed by atoms with van der Waals surface area (Å²) in [4.78, 5) is 24.2. The number of hydrogen-bond donors (Lipinski definition) is 2. The molecule has 0 saturated heterocycles. The van der Waals surface area contributed by atoms with Crippen molar-refractivity contribution in [3.05, 3.63) is 100 Å². The molecule has 0 aliphatic carbocycles. The van der Waals surface area contributed by atoms with Gasteiger partial charge in [0.05, 0.1) is 12.2 Å². The van der Waals surface area contributed by atoms with Crippen LogP contribution in [0.3, 0.4) is 0 Å². The third-order valence-corrected chi connectivity index (χ3v) is 4.52. The number of para-hydroxylation sites is 1. The van der Waals surface area contributed by atoms with E-state index in [4.69, 9.17) is 0 Å². The second-order valence-electron chi connectivity index (χ2n) is 5.90. The van der Waals surface area contributed by atoms with Crippen molar-refractivity contribution in [3.63, 3.8) is 0 Å². The summed E-state index contributed by atoms with van der Waals surface area (Å²) in [5.41, 5.74) is 2.87. The quantitative estimate of drug-likeness (QED) is 0.606.